The Morgan fingerprint density at radius 2 is 2.17 bits per heavy atom. The van der Waals surface area contributed by atoms with Gasteiger partial charge in [-0.1, -0.05) is 0 Å². The normalized spacial score (nSPS) is 13.2. The first-order valence-corrected chi connectivity index (χ1v) is 6.46. The predicted molar refractivity (Wildman–Crippen MR) is 73.7 cm³/mol. The van der Waals surface area contributed by atoms with E-state index in [9.17, 15) is 0 Å². The third-order valence-electron chi connectivity index (χ3n) is 2.90. The van der Waals surface area contributed by atoms with Crippen LogP contribution in [-0.4, -0.2) is 55.1 Å². The molecule has 0 bridgehead atoms. The Hall–Kier alpha value is -0.910. The van der Waals surface area contributed by atoms with E-state index in [1.54, 1.807) is 0 Å². The number of hydrogen-bond acceptors (Lipinski definition) is 4. The Kier molecular flexibility index (Phi) is 6.32. The molecular weight excluding hydrogens is 228 g/mol. The van der Waals surface area contributed by atoms with Gasteiger partial charge in [-0.25, -0.2) is 0 Å². The first-order valence-electron chi connectivity index (χ1n) is 6.46. The van der Waals surface area contributed by atoms with Crippen LogP contribution in [0, 0.1) is 6.92 Å². The van der Waals surface area contributed by atoms with Crippen LogP contribution in [0.1, 0.15) is 24.2 Å². The molecule has 104 valence electrons. The fourth-order valence-corrected chi connectivity index (χ4v) is 1.85. The molecule has 1 unspecified atom stereocenters. The molecule has 0 fully saturated rings. The molecule has 1 aromatic rings. The molecule has 1 rings (SSSR count). The monoisotopic (exact) mass is 254 g/mol. The Morgan fingerprint density at radius 3 is 2.72 bits per heavy atom. The zero-order chi connectivity index (χ0) is 13.5. The second-order valence-corrected chi connectivity index (χ2v) is 4.93. The largest absolute Gasteiger partial charge is 0.379 e. The van der Waals surface area contributed by atoms with Crippen LogP contribution < -0.4 is 5.32 Å². The third kappa shape index (κ3) is 5.16. The summed E-state index contributed by atoms with van der Waals surface area (Å²) in [5, 5.41) is 7.80. The average Bonchev–Trinajstić information content (AvgIpc) is 2.62. The molecule has 0 aliphatic rings. The standard InChI is InChI=1S/C13H26N4O/c1-11(13-10-17(5)15-12(13)2)14-6-8-18-9-7-16(3)4/h10-11,14H,6-9H2,1-5H3. The van der Waals surface area contributed by atoms with Crippen molar-refractivity contribution in [2.24, 2.45) is 7.05 Å². The van der Waals surface area contributed by atoms with Crippen molar-refractivity contribution < 1.29 is 4.74 Å². The number of nitrogens with one attached hydrogen (secondary N) is 1. The first-order chi connectivity index (χ1) is 8.50. The van der Waals surface area contributed by atoms with Crippen LogP contribution in [0.2, 0.25) is 0 Å². The number of nitrogens with zero attached hydrogens (tertiary/aromatic N) is 3. The van der Waals surface area contributed by atoms with Gasteiger partial charge in [-0.2, -0.15) is 5.10 Å². The minimum absolute atomic E-state index is 0.316. The summed E-state index contributed by atoms with van der Waals surface area (Å²) in [7, 11) is 6.05. The molecule has 1 heterocycles. The lowest BCUT2D eigenvalue weighted by Gasteiger charge is -2.14. The van der Waals surface area contributed by atoms with Crippen molar-refractivity contribution in [2.45, 2.75) is 19.9 Å². The van der Waals surface area contributed by atoms with Crippen molar-refractivity contribution in [3.8, 4) is 0 Å². The lowest BCUT2D eigenvalue weighted by Crippen LogP contribution is -2.25. The van der Waals surface area contributed by atoms with Gasteiger partial charge in [0.2, 0.25) is 0 Å². The number of aryl methyl sites for hydroxylation is 2. The van der Waals surface area contributed by atoms with Crippen LogP contribution in [0.5, 0.6) is 0 Å². The molecule has 0 amide bonds. The zero-order valence-corrected chi connectivity index (χ0v) is 12.2. The Labute approximate surface area is 110 Å². The summed E-state index contributed by atoms with van der Waals surface area (Å²) < 4.78 is 7.40. The third-order valence-corrected chi connectivity index (χ3v) is 2.90. The number of aromatic nitrogens is 2. The molecule has 0 radical (unpaired) electrons. The molecule has 1 N–H and O–H groups in total. The molecule has 1 aromatic heterocycles. The van der Waals surface area contributed by atoms with E-state index in [1.807, 2.05) is 18.7 Å². The van der Waals surface area contributed by atoms with E-state index in [-0.39, 0.29) is 0 Å². The van der Waals surface area contributed by atoms with Crippen molar-refractivity contribution in [2.75, 3.05) is 40.4 Å². The Morgan fingerprint density at radius 1 is 1.44 bits per heavy atom. The summed E-state index contributed by atoms with van der Waals surface area (Å²) in [6.07, 6.45) is 2.07. The van der Waals surface area contributed by atoms with Gasteiger partial charge in [0.25, 0.3) is 0 Å². The zero-order valence-electron chi connectivity index (χ0n) is 12.2. The molecule has 0 aliphatic heterocycles. The fourth-order valence-electron chi connectivity index (χ4n) is 1.85. The van der Waals surface area contributed by atoms with Crippen LogP contribution in [0.25, 0.3) is 0 Å². The highest BCUT2D eigenvalue weighted by Gasteiger charge is 2.10. The van der Waals surface area contributed by atoms with Crippen LogP contribution >= 0.6 is 0 Å². The van der Waals surface area contributed by atoms with Crippen molar-refractivity contribution in [1.82, 2.24) is 20.0 Å². The number of ether oxygens (including phenoxy) is 1. The van der Waals surface area contributed by atoms with E-state index in [1.165, 1.54) is 5.56 Å². The van der Waals surface area contributed by atoms with Gasteiger partial charge in [0.15, 0.2) is 0 Å². The highest BCUT2D eigenvalue weighted by Crippen LogP contribution is 2.14. The van der Waals surface area contributed by atoms with Crippen molar-refractivity contribution in [1.29, 1.82) is 0 Å². The van der Waals surface area contributed by atoms with Gasteiger partial charge in [0, 0.05) is 37.9 Å². The average molecular weight is 254 g/mol. The van der Waals surface area contributed by atoms with Gasteiger partial charge in [0.1, 0.15) is 0 Å². The molecule has 0 spiro atoms. The Bertz CT molecular complexity index is 349. The lowest BCUT2D eigenvalue weighted by atomic mass is 10.1. The summed E-state index contributed by atoms with van der Waals surface area (Å²) in [5.74, 6) is 0. The predicted octanol–water partition coefficient (Wildman–Crippen LogP) is 0.957. The van der Waals surface area contributed by atoms with E-state index >= 15 is 0 Å². The molecule has 5 heteroatoms. The molecule has 0 saturated heterocycles. The quantitative estimate of drug-likeness (QED) is 0.702. The maximum Gasteiger partial charge on any atom is 0.0641 e. The Balaban J connectivity index is 2.17. The second-order valence-electron chi connectivity index (χ2n) is 4.93. The molecule has 0 aliphatic carbocycles. The minimum Gasteiger partial charge on any atom is -0.379 e. The van der Waals surface area contributed by atoms with Gasteiger partial charge >= 0.3 is 0 Å². The molecule has 1 atom stereocenters. The van der Waals surface area contributed by atoms with Crippen LogP contribution in [0.15, 0.2) is 6.20 Å². The van der Waals surface area contributed by atoms with Crippen molar-refractivity contribution >= 4 is 0 Å². The van der Waals surface area contributed by atoms with Crippen LogP contribution in [0.4, 0.5) is 0 Å². The number of hydrogen-bond donors (Lipinski definition) is 1. The first kappa shape index (κ1) is 15.1. The molecule has 18 heavy (non-hydrogen) atoms. The molecule has 0 saturated carbocycles. The van der Waals surface area contributed by atoms with Crippen molar-refractivity contribution in [3.05, 3.63) is 17.5 Å². The summed E-state index contributed by atoms with van der Waals surface area (Å²) in [6.45, 7) is 7.57. The highest BCUT2D eigenvalue weighted by molar-refractivity contribution is 5.19. The van der Waals surface area contributed by atoms with Gasteiger partial charge in [-0.3, -0.25) is 4.68 Å². The maximum atomic E-state index is 5.54. The van der Waals surface area contributed by atoms with Crippen LogP contribution in [-0.2, 0) is 11.8 Å². The van der Waals surface area contributed by atoms with E-state index in [0.29, 0.717) is 6.04 Å². The highest BCUT2D eigenvalue weighted by atomic mass is 16.5. The minimum atomic E-state index is 0.316. The number of rotatable bonds is 8. The second kappa shape index (κ2) is 7.51. The SMILES string of the molecule is Cc1nn(C)cc1C(C)NCCOCCN(C)C. The lowest BCUT2D eigenvalue weighted by molar-refractivity contribution is 0.118. The molecule has 5 nitrogen and oxygen atoms in total. The summed E-state index contributed by atoms with van der Waals surface area (Å²) >= 11 is 0. The smallest absolute Gasteiger partial charge is 0.0641 e. The van der Waals surface area contributed by atoms with E-state index in [2.05, 4.69) is 42.5 Å². The van der Waals surface area contributed by atoms with E-state index in [4.69, 9.17) is 4.74 Å². The van der Waals surface area contributed by atoms with Crippen molar-refractivity contribution in [3.63, 3.8) is 0 Å². The van der Waals surface area contributed by atoms with Gasteiger partial charge in [-0.15, -0.1) is 0 Å². The van der Waals surface area contributed by atoms with E-state index < -0.39 is 0 Å². The van der Waals surface area contributed by atoms with E-state index in [0.717, 1.165) is 32.0 Å². The fraction of sp³-hybridized carbons (Fsp3) is 0.769. The summed E-state index contributed by atoms with van der Waals surface area (Å²) in [6, 6.07) is 0.316. The van der Waals surface area contributed by atoms with Gasteiger partial charge < -0.3 is 15.0 Å². The molecule has 0 aromatic carbocycles. The van der Waals surface area contributed by atoms with Crippen LogP contribution in [0.3, 0.4) is 0 Å². The van der Waals surface area contributed by atoms with Gasteiger partial charge in [0.05, 0.1) is 18.9 Å². The maximum absolute atomic E-state index is 5.54. The summed E-state index contributed by atoms with van der Waals surface area (Å²) in [5.41, 5.74) is 2.34. The molecular formula is C13H26N4O. The topological polar surface area (TPSA) is 42.3 Å². The van der Waals surface area contributed by atoms with Gasteiger partial charge in [-0.05, 0) is 27.9 Å². The number of likely N-dealkylation sites (N-methyl/N-ethyl adjacent to an activating group) is 1. The summed E-state index contributed by atoms with van der Waals surface area (Å²) in [4.78, 5) is 2.12.